The van der Waals surface area contributed by atoms with E-state index in [0.717, 1.165) is 5.69 Å². The van der Waals surface area contributed by atoms with E-state index < -0.39 is 16.9 Å². The molecule has 0 saturated heterocycles. The smallest absolute Gasteiger partial charge is 0.338 e. The molecule has 13 heteroatoms. The minimum Gasteiger partial charge on any atom is -0.497 e. The standard InChI is InChI=1S/C34H29N5O7S/c1-5-46-33(41)29-20(2)35-34-38(31(29)21-11-14-25(44-3)15-12-21)32(40)28(47-34)18-23-19-37(24-9-7-6-8-10-24)36-30(23)22-13-16-27(45-4)26(17-22)39(42)43/h6-19,31H,5H2,1-4H3/b28-18+/t31-/m0/s1. The molecule has 0 fully saturated rings. The summed E-state index contributed by atoms with van der Waals surface area (Å²) in [7, 11) is 2.93. The van der Waals surface area contributed by atoms with Crippen molar-refractivity contribution in [3.63, 3.8) is 0 Å². The van der Waals surface area contributed by atoms with E-state index in [-0.39, 0.29) is 29.2 Å². The minimum atomic E-state index is -0.797. The number of aromatic nitrogens is 3. The molecule has 1 atom stereocenters. The average molecular weight is 652 g/mol. The molecule has 5 aromatic rings. The molecule has 0 aliphatic carbocycles. The number of thiazole rings is 1. The molecule has 12 nitrogen and oxygen atoms in total. The topological polar surface area (TPSA) is 140 Å². The Labute approximate surface area is 272 Å². The number of carbonyl (C=O) groups excluding carboxylic acids is 1. The molecule has 238 valence electrons. The summed E-state index contributed by atoms with van der Waals surface area (Å²) in [6.45, 7) is 3.60. The lowest BCUT2D eigenvalue weighted by molar-refractivity contribution is -0.385. The molecule has 6 rings (SSSR count). The van der Waals surface area contributed by atoms with Gasteiger partial charge in [0.25, 0.3) is 5.56 Å². The second kappa shape index (κ2) is 12.9. The van der Waals surface area contributed by atoms with E-state index in [2.05, 4.69) is 4.99 Å². The highest BCUT2D eigenvalue weighted by molar-refractivity contribution is 7.07. The van der Waals surface area contributed by atoms with Crippen LogP contribution in [0.4, 0.5) is 5.69 Å². The Bertz CT molecular complexity index is 2220. The molecule has 0 spiro atoms. The third kappa shape index (κ3) is 5.84. The molecule has 0 N–H and O–H groups in total. The van der Waals surface area contributed by atoms with Gasteiger partial charge in [0.2, 0.25) is 0 Å². The molecule has 0 amide bonds. The molecule has 0 saturated carbocycles. The first-order valence-electron chi connectivity index (χ1n) is 14.6. The summed E-state index contributed by atoms with van der Waals surface area (Å²) in [6.07, 6.45) is 3.45. The Hall–Kier alpha value is -5.82. The average Bonchev–Trinajstić information content (AvgIpc) is 3.64. The number of rotatable bonds is 9. The number of carbonyl (C=O) groups is 1. The zero-order valence-electron chi connectivity index (χ0n) is 25.9. The highest BCUT2D eigenvalue weighted by Crippen LogP contribution is 2.34. The van der Waals surface area contributed by atoms with Crippen LogP contribution in [-0.4, -0.2) is 46.1 Å². The van der Waals surface area contributed by atoms with E-state index >= 15 is 0 Å². The second-order valence-electron chi connectivity index (χ2n) is 10.4. The molecule has 1 aliphatic rings. The third-order valence-corrected chi connectivity index (χ3v) is 8.63. The Morgan fingerprint density at radius 2 is 1.81 bits per heavy atom. The van der Waals surface area contributed by atoms with Crippen LogP contribution < -0.4 is 24.4 Å². The molecular formula is C34H29N5O7S. The molecule has 2 aromatic heterocycles. The van der Waals surface area contributed by atoms with Gasteiger partial charge in [0.15, 0.2) is 10.6 Å². The van der Waals surface area contributed by atoms with Crippen molar-refractivity contribution in [2.45, 2.75) is 19.9 Å². The summed E-state index contributed by atoms with van der Waals surface area (Å²) in [6, 6.07) is 20.3. The fourth-order valence-corrected chi connectivity index (χ4v) is 6.48. The summed E-state index contributed by atoms with van der Waals surface area (Å²) in [5.74, 6) is 0.181. The van der Waals surface area contributed by atoms with Gasteiger partial charge in [-0.15, -0.1) is 0 Å². The number of nitro benzene ring substituents is 1. The number of methoxy groups -OCH3 is 2. The first-order valence-corrected chi connectivity index (χ1v) is 15.4. The van der Waals surface area contributed by atoms with Gasteiger partial charge in [-0.05, 0) is 61.9 Å². The Kier molecular flexibility index (Phi) is 8.55. The van der Waals surface area contributed by atoms with Gasteiger partial charge in [0, 0.05) is 23.4 Å². The molecular weight excluding hydrogens is 622 g/mol. The fourth-order valence-electron chi connectivity index (χ4n) is 5.44. The van der Waals surface area contributed by atoms with E-state index in [1.54, 1.807) is 68.2 Å². The van der Waals surface area contributed by atoms with Crippen molar-refractivity contribution in [1.29, 1.82) is 0 Å². The van der Waals surface area contributed by atoms with Crippen molar-refractivity contribution >= 4 is 29.1 Å². The van der Waals surface area contributed by atoms with Crippen LogP contribution in [0.3, 0.4) is 0 Å². The van der Waals surface area contributed by atoms with Crippen LogP contribution in [0.2, 0.25) is 0 Å². The predicted molar refractivity (Wildman–Crippen MR) is 176 cm³/mol. The predicted octanol–water partition coefficient (Wildman–Crippen LogP) is 4.58. The monoisotopic (exact) mass is 651 g/mol. The van der Waals surface area contributed by atoms with Crippen molar-refractivity contribution in [2.24, 2.45) is 4.99 Å². The molecule has 3 heterocycles. The SMILES string of the molecule is CCOC(=O)C1=C(C)N=c2s/c(=C/c3cn(-c4ccccc4)nc3-c3ccc(OC)c([N+](=O)[O-])c3)c(=O)n2[C@H]1c1ccc(OC)cc1. The van der Waals surface area contributed by atoms with Gasteiger partial charge in [0.05, 0.1) is 53.3 Å². The number of fused-ring (bicyclic) bond motifs is 1. The number of nitrogens with zero attached hydrogens (tertiary/aromatic N) is 5. The molecule has 0 radical (unpaired) electrons. The van der Waals surface area contributed by atoms with Gasteiger partial charge < -0.3 is 14.2 Å². The molecule has 0 unspecified atom stereocenters. The van der Waals surface area contributed by atoms with Crippen LogP contribution >= 0.6 is 11.3 Å². The number of nitro groups is 1. The van der Waals surface area contributed by atoms with Gasteiger partial charge in [-0.2, -0.15) is 5.10 Å². The van der Waals surface area contributed by atoms with Crippen LogP contribution in [0.1, 0.15) is 31.0 Å². The Balaban J connectivity index is 1.57. The highest BCUT2D eigenvalue weighted by Gasteiger charge is 2.33. The molecule has 0 bridgehead atoms. The van der Waals surface area contributed by atoms with Crippen LogP contribution in [0.25, 0.3) is 23.0 Å². The lowest BCUT2D eigenvalue weighted by Crippen LogP contribution is -2.39. The quantitative estimate of drug-likeness (QED) is 0.128. The Morgan fingerprint density at radius 3 is 2.47 bits per heavy atom. The number of allylic oxidation sites excluding steroid dienone is 1. The van der Waals surface area contributed by atoms with E-state index in [0.29, 0.717) is 43.2 Å². The van der Waals surface area contributed by atoms with E-state index in [1.807, 2.05) is 30.3 Å². The maximum Gasteiger partial charge on any atom is 0.338 e. The fraction of sp³-hybridized carbons (Fsp3) is 0.176. The molecule has 47 heavy (non-hydrogen) atoms. The number of ether oxygens (including phenoxy) is 3. The number of hydrogen-bond acceptors (Lipinski definition) is 10. The van der Waals surface area contributed by atoms with Crippen molar-refractivity contribution in [2.75, 3.05) is 20.8 Å². The van der Waals surface area contributed by atoms with Crippen molar-refractivity contribution in [1.82, 2.24) is 14.3 Å². The van der Waals surface area contributed by atoms with Gasteiger partial charge in [0.1, 0.15) is 11.4 Å². The maximum absolute atomic E-state index is 14.3. The van der Waals surface area contributed by atoms with E-state index in [4.69, 9.17) is 19.3 Å². The normalized spacial score (nSPS) is 14.4. The van der Waals surface area contributed by atoms with Crippen molar-refractivity contribution in [3.05, 3.63) is 131 Å². The number of hydrogen-bond donors (Lipinski definition) is 0. The van der Waals surface area contributed by atoms with E-state index in [9.17, 15) is 19.7 Å². The summed E-state index contributed by atoms with van der Waals surface area (Å²) < 4.78 is 19.4. The second-order valence-corrected chi connectivity index (χ2v) is 11.4. The summed E-state index contributed by atoms with van der Waals surface area (Å²) in [5, 5.41) is 16.6. The van der Waals surface area contributed by atoms with E-state index in [1.165, 1.54) is 35.1 Å². The molecule has 3 aromatic carbocycles. The molecule has 1 aliphatic heterocycles. The van der Waals surface area contributed by atoms with Gasteiger partial charge in [-0.1, -0.05) is 41.7 Å². The van der Waals surface area contributed by atoms with Crippen LogP contribution in [0.15, 0.2) is 100 Å². The van der Waals surface area contributed by atoms with Gasteiger partial charge in [-0.25, -0.2) is 14.5 Å². The summed E-state index contributed by atoms with van der Waals surface area (Å²) >= 11 is 1.17. The zero-order chi connectivity index (χ0) is 33.2. The largest absolute Gasteiger partial charge is 0.497 e. The first kappa shape index (κ1) is 31.2. The van der Waals surface area contributed by atoms with Crippen LogP contribution in [-0.2, 0) is 9.53 Å². The van der Waals surface area contributed by atoms with Gasteiger partial charge in [-0.3, -0.25) is 19.5 Å². The van der Waals surface area contributed by atoms with Gasteiger partial charge >= 0.3 is 11.7 Å². The zero-order valence-corrected chi connectivity index (χ0v) is 26.7. The van der Waals surface area contributed by atoms with Crippen LogP contribution in [0.5, 0.6) is 11.5 Å². The lowest BCUT2D eigenvalue weighted by atomic mass is 9.96. The Morgan fingerprint density at radius 1 is 1.06 bits per heavy atom. The summed E-state index contributed by atoms with van der Waals surface area (Å²) in [4.78, 5) is 43.9. The third-order valence-electron chi connectivity index (χ3n) is 7.65. The maximum atomic E-state index is 14.3. The lowest BCUT2D eigenvalue weighted by Gasteiger charge is -2.24. The van der Waals surface area contributed by atoms with Crippen molar-refractivity contribution < 1.29 is 23.9 Å². The number of para-hydroxylation sites is 1. The number of benzene rings is 3. The van der Waals surface area contributed by atoms with Crippen LogP contribution in [0, 0.1) is 10.1 Å². The highest BCUT2D eigenvalue weighted by atomic mass is 32.1. The first-order chi connectivity index (χ1) is 22.7. The number of esters is 1. The summed E-state index contributed by atoms with van der Waals surface area (Å²) in [5.41, 5.74) is 2.98. The van der Waals surface area contributed by atoms with Crippen molar-refractivity contribution in [3.8, 4) is 28.4 Å². The minimum absolute atomic E-state index is 0.113.